The van der Waals surface area contributed by atoms with Gasteiger partial charge in [0.25, 0.3) is 5.56 Å². The first kappa shape index (κ1) is 29.0. The topological polar surface area (TPSA) is 97.6 Å². The van der Waals surface area contributed by atoms with Gasteiger partial charge < -0.3 is 23.7 Å². The first-order valence-corrected chi connectivity index (χ1v) is 13.9. The van der Waals surface area contributed by atoms with Crippen molar-refractivity contribution in [3.8, 4) is 35.3 Å². The first-order valence-electron chi connectivity index (χ1n) is 12.3. The number of nitrogens with zero attached hydrogens (tertiary/aromatic N) is 2. The summed E-state index contributed by atoms with van der Waals surface area (Å²) in [7, 11) is 2.81. The van der Waals surface area contributed by atoms with E-state index in [1.165, 1.54) is 36.3 Å². The minimum Gasteiger partial charge on any atom is -0.493 e. The van der Waals surface area contributed by atoms with Crippen molar-refractivity contribution >= 4 is 39.3 Å². The largest absolute Gasteiger partial charge is 0.493 e. The number of carbonyl (C=O) groups excluding carboxylic acids is 1. The number of rotatable bonds is 10. The Morgan fingerprint density at radius 2 is 1.88 bits per heavy atom. The lowest BCUT2D eigenvalue weighted by Crippen LogP contribution is -2.39. The standard InChI is InChI=1S/C29H27BrN2O7S/c1-6-11-39-26-20(30)12-17(13-23(26)35-4)14-24-27(33)32-25(19(28(34)36-5)16-31-29(32)40-24)18-9-10-21(37-7-2)22(15-18)38-8-3/h1,9-10,12-16,25H,7-8,11H2,2-5H3/b24-14-/t25-/m0/s1. The normalized spacial score (nSPS) is 14.3. The fourth-order valence-corrected chi connectivity index (χ4v) is 5.76. The van der Waals surface area contributed by atoms with Crippen molar-refractivity contribution in [3.05, 3.63) is 77.4 Å². The predicted molar refractivity (Wildman–Crippen MR) is 155 cm³/mol. The number of ether oxygens (including phenoxy) is 5. The Hall–Kier alpha value is -4.01. The lowest BCUT2D eigenvalue weighted by Gasteiger charge is -2.23. The van der Waals surface area contributed by atoms with Gasteiger partial charge in [-0.05, 0) is 71.2 Å². The Morgan fingerprint density at radius 1 is 1.12 bits per heavy atom. The van der Waals surface area contributed by atoms with Gasteiger partial charge in [-0.2, -0.15) is 0 Å². The maximum absolute atomic E-state index is 13.8. The quantitative estimate of drug-likeness (QED) is 0.251. The SMILES string of the molecule is C#CCOc1c(Br)cc(/C=c2\sc3n(c2=O)[C@@H](c2ccc(OCC)c(OCC)c2)C(C(=O)OC)=CN=3)cc1OC. The molecular weight excluding hydrogens is 600 g/mol. The van der Waals surface area contributed by atoms with Crippen LogP contribution in [0.25, 0.3) is 6.08 Å². The van der Waals surface area contributed by atoms with Crippen molar-refractivity contribution < 1.29 is 28.5 Å². The molecule has 0 aliphatic carbocycles. The number of thiazole rings is 1. The minimum atomic E-state index is -0.790. The molecule has 1 atom stereocenters. The lowest BCUT2D eigenvalue weighted by atomic mass is 9.97. The second kappa shape index (κ2) is 12.9. The van der Waals surface area contributed by atoms with Gasteiger partial charge in [-0.3, -0.25) is 9.36 Å². The molecule has 4 rings (SSSR count). The summed E-state index contributed by atoms with van der Waals surface area (Å²) in [4.78, 5) is 31.5. The molecular formula is C29H27BrN2O7S. The highest BCUT2D eigenvalue weighted by Crippen LogP contribution is 2.37. The van der Waals surface area contributed by atoms with E-state index in [4.69, 9.17) is 30.1 Å². The van der Waals surface area contributed by atoms with Crippen molar-refractivity contribution in [1.82, 2.24) is 4.57 Å². The van der Waals surface area contributed by atoms with Crippen molar-refractivity contribution in [2.75, 3.05) is 34.0 Å². The van der Waals surface area contributed by atoms with Crippen LogP contribution in [0.15, 0.2) is 56.4 Å². The maximum atomic E-state index is 13.8. The van der Waals surface area contributed by atoms with Gasteiger partial charge in [-0.1, -0.05) is 23.3 Å². The Kier molecular flexibility index (Phi) is 9.34. The van der Waals surface area contributed by atoms with Gasteiger partial charge in [-0.25, -0.2) is 9.79 Å². The van der Waals surface area contributed by atoms with Gasteiger partial charge in [-0.15, -0.1) is 6.42 Å². The molecule has 0 saturated carbocycles. The summed E-state index contributed by atoms with van der Waals surface area (Å²) in [6.07, 6.45) is 8.49. The van der Waals surface area contributed by atoms with E-state index in [0.29, 0.717) is 61.1 Å². The molecule has 2 aromatic carbocycles. The first-order chi connectivity index (χ1) is 19.4. The van der Waals surface area contributed by atoms with Crippen LogP contribution >= 0.6 is 27.3 Å². The number of methoxy groups -OCH3 is 2. The highest BCUT2D eigenvalue weighted by Gasteiger charge is 2.31. The van der Waals surface area contributed by atoms with Gasteiger partial charge in [0, 0.05) is 6.20 Å². The Labute approximate surface area is 243 Å². The molecule has 0 amide bonds. The Balaban J connectivity index is 1.88. The molecule has 0 fully saturated rings. The summed E-state index contributed by atoms with van der Waals surface area (Å²) in [6.45, 7) is 4.70. The van der Waals surface area contributed by atoms with Crippen molar-refractivity contribution in [3.63, 3.8) is 0 Å². The predicted octanol–water partition coefficient (Wildman–Crippen LogP) is 3.60. The van der Waals surface area contributed by atoms with Crippen LogP contribution in [-0.2, 0) is 9.53 Å². The summed E-state index contributed by atoms with van der Waals surface area (Å²) in [5.41, 5.74) is 1.22. The number of hydrogen-bond donors (Lipinski definition) is 0. The lowest BCUT2D eigenvalue weighted by molar-refractivity contribution is -0.136. The number of esters is 1. The molecule has 0 bridgehead atoms. The highest BCUT2D eigenvalue weighted by molar-refractivity contribution is 9.10. The number of aromatic nitrogens is 1. The van der Waals surface area contributed by atoms with Crippen molar-refractivity contribution in [2.45, 2.75) is 19.9 Å². The van der Waals surface area contributed by atoms with E-state index < -0.39 is 12.0 Å². The van der Waals surface area contributed by atoms with Crippen LogP contribution in [0.2, 0.25) is 0 Å². The van der Waals surface area contributed by atoms with Crippen LogP contribution in [0.3, 0.4) is 0 Å². The minimum absolute atomic E-state index is 0.0754. The Morgan fingerprint density at radius 3 is 2.55 bits per heavy atom. The van der Waals surface area contributed by atoms with Gasteiger partial charge in [0.1, 0.15) is 6.61 Å². The van der Waals surface area contributed by atoms with Crippen LogP contribution < -0.4 is 33.8 Å². The molecule has 208 valence electrons. The van der Waals surface area contributed by atoms with Gasteiger partial charge in [0.2, 0.25) is 0 Å². The van der Waals surface area contributed by atoms with Crippen LogP contribution in [-0.4, -0.2) is 44.6 Å². The Bertz CT molecular complexity index is 1680. The molecule has 11 heteroatoms. The van der Waals surface area contributed by atoms with Crippen LogP contribution in [0.1, 0.15) is 31.0 Å². The molecule has 40 heavy (non-hydrogen) atoms. The van der Waals surface area contributed by atoms with E-state index in [2.05, 4.69) is 26.8 Å². The van der Waals surface area contributed by atoms with Gasteiger partial charge in [0.05, 0.1) is 48.1 Å². The van der Waals surface area contributed by atoms with E-state index in [1.54, 1.807) is 36.4 Å². The molecule has 2 heterocycles. The highest BCUT2D eigenvalue weighted by atomic mass is 79.9. The summed E-state index contributed by atoms with van der Waals surface area (Å²) in [5.74, 6) is 3.82. The average Bonchev–Trinajstić information content (AvgIpc) is 3.27. The zero-order chi connectivity index (χ0) is 28.8. The summed E-state index contributed by atoms with van der Waals surface area (Å²) in [5, 5.41) is 0. The van der Waals surface area contributed by atoms with Gasteiger partial charge in [0.15, 0.2) is 27.8 Å². The third-order valence-electron chi connectivity index (χ3n) is 5.86. The van der Waals surface area contributed by atoms with Crippen LogP contribution in [0, 0.1) is 12.3 Å². The molecule has 1 aromatic heterocycles. The molecule has 9 nitrogen and oxygen atoms in total. The smallest absolute Gasteiger partial charge is 0.337 e. The molecule has 1 aliphatic heterocycles. The fraction of sp³-hybridized carbons (Fsp3) is 0.276. The summed E-state index contributed by atoms with van der Waals surface area (Å²) in [6, 6.07) is 8.09. The zero-order valence-corrected chi connectivity index (χ0v) is 24.8. The zero-order valence-electron chi connectivity index (χ0n) is 22.4. The van der Waals surface area contributed by atoms with E-state index >= 15 is 0 Å². The van der Waals surface area contributed by atoms with E-state index in [1.807, 2.05) is 13.8 Å². The van der Waals surface area contributed by atoms with Crippen molar-refractivity contribution in [1.29, 1.82) is 0 Å². The third kappa shape index (κ3) is 5.78. The molecule has 0 unspecified atom stereocenters. The van der Waals surface area contributed by atoms with Crippen molar-refractivity contribution in [2.24, 2.45) is 4.99 Å². The van der Waals surface area contributed by atoms with E-state index in [0.717, 1.165) is 0 Å². The number of terminal acetylenes is 1. The van der Waals surface area contributed by atoms with Crippen LogP contribution in [0.4, 0.5) is 0 Å². The van der Waals surface area contributed by atoms with Gasteiger partial charge >= 0.3 is 5.97 Å². The average molecular weight is 628 g/mol. The maximum Gasteiger partial charge on any atom is 0.337 e. The fourth-order valence-electron chi connectivity index (χ4n) is 4.22. The third-order valence-corrected chi connectivity index (χ3v) is 7.44. The molecule has 0 spiro atoms. The second-order valence-electron chi connectivity index (χ2n) is 8.28. The second-order valence-corrected chi connectivity index (χ2v) is 10.1. The number of benzene rings is 2. The van der Waals surface area contributed by atoms with E-state index in [9.17, 15) is 9.59 Å². The van der Waals surface area contributed by atoms with Crippen LogP contribution in [0.5, 0.6) is 23.0 Å². The summed E-state index contributed by atoms with van der Waals surface area (Å²) < 4.78 is 30.1. The van der Waals surface area contributed by atoms with E-state index in [-0.39, 0.29) is 17.7 Å². The molecule has 1 aliphatic rings. The monoisotopic (exact) mass is 626 g/mol. The number of fused-ring (bicyclic) bond motifs is 1. The number of hydrogen-bond acceptors (Lipinski definition) is 9. The molecule has 3 aromatic rings. The number of halogens is 1. The summed E-state index contributed by atoms with van der Waals surface area (Å²) >= 11 is 4.69. The molecule has 0 saturated heterocycles. The molecule has 0 N–H and O–H groups in total. The number of carbonyl (C=O) groups is 1. The molecule has 0 radical (unpaired) electrons.